The van der Waals surface area contributed by atoms with E-state index in [0.29, 0.717) is 11.3 Å². The lowest BCUT2D eigenvalue weighted by molar-refractivity contribution is 0.373. The van der Waals surface area contributed by atoms with Gasteiger partial charge in [-0.2, -0.15) is 0 Å². The Morgan fingerprint density at radius 2 is 1.95 bits per heavy atom. The second kappa shape index (κ2) is 6.38. The summed E-state index contributed by atoms with van der Waals surface area (Å²) in [6.45, 7) is 0. The Kier molecular flexibility index (Phi) is 4.81. The molecule has 3 nitrogen and oxygen atoms in total. The molecule has 0 fully saturated rings. The Morgan fingerprint density at radius 3 is 2.58 bits per heavy atom. The van der Waals surface area contributed by atoms with E-state index in [9.17, 15) is 5.11 Å². The third-order valence-electron chi connectivity index (χ3n) is 2.47. The van der Waals surface area contributed by atoms with Crippen molar-refractivity contribution < 1.29 is 9.84 Å². The Hall–Kier alpha value is -1.08. The molecule has 98 valence electrons. The van der Waals surface area contributed by atoms with Crippen LogP contribution in [0.25, 0.3) is 0 Å². The summed E-state index contributed by atoms with van der Waals surface area (Å²) in [6, 6.07) is 11.3. The van der Waals surface area contributed by atoms with E-state index in [2.05, 4.69) is 43.5 Å². The maximum Gasteiger partial charge on any atom is 0.166 e. The Labute approximate surface area is 133 Å². The maximum absolute atomic E-state index is 10.00. The zero-order valence-electron chi connectivity index (χ0n) is 10.1. The molecule has 2 aromatic rings. The average molecular weight is 432 g/mol. The molecule has 0 aromatic heterocycles. The number of hydrogen-bond acceptors (Lipinski definition) is 3. The van der Waals surface area contributed by atoms with Crippen LogP contribution in [-0.4, -0.2) is 18.4 Å². The van der Waals surface area contributed by atoms with Crippen LogP contribution in [0.5, 0.6) is 11.5 Å². The average Bonchev–Trinajstić information content (AvgIpc) is 2.41. The van der Waals surface area contributed by atoms with E-state index in [-0.39, 0.29) is 5.75 Å². The Morgan fingerprint density at radius 1 is 1.26 bits per heavy atom. The molecule has 0 saturated heterocycles. The summed E-state index contributed by atoms with van der Waals surface area (Å²) in [5, 5.41) is 10.00. The number of aromatic hydroxyl groups is 1. The van der Waals surface area contributed by atoms with Gasteiger partial charge in [0.25, 0.3) is 0 Å². The molecule has 0 aliphatic heterocycles. The molecule has 0 aliphatic carbocycles. The number of aliphatic imine (C=N–C) groups is 1. The zero-order valence-corrected chi connectivity index (χ0v) is 13.8. The van der Waals surface area contributed by atoms with E-state index in [1.807, 2.05) is 24.3 Å². The number of phenols is 1. The van der Waals surface area contributed by atoms with Crippen LogP contribution in [0.3, 0.4) is 0 Å². The Balaban J connectivity index is 2.32. The van der Waals surface area contributed by atoms with E-state index in [1.165, 1.54) is 7.11 Å². The van der Waals surface area contributed by atoms with Crippen LogP contribution in [0.2, 0.25) is 0 Å². The monoisotopic (exact) mass is 431 g/mol. The highest BCUT2D eigenvalue weighted by molar-refractivity contribution is 14.1. The summed E-state index contributed by atoms with van der Waals surface area (Å²) in [6.07, 6.45) is 1.62. The number of halogens is 2. The first-order chi connectivity index (χ1) is 9.10. The van der Waals surface area contributed by atoms with Gasteiger partial charge in [-0.05, 0) is 59.0 Å². The summed E-state index contributed by atoms with van der Waals surface area (Å²) < 4.78 is 7.07. The fourth-order valence-electron chi connectivity index (χ4n) is 1.52. The summed E-state index contributed by atoms with van der Waals surface area (Å²) in [5.41, 5.74) is 1.43. The molecule has 19 heavy (non-hydrogen) atoms. The molecule has 1 N–H and O–H groups in total. The second-order valence-corrected chi connectivity index (χ2v) is 5.94. The summed E-state index contributed by atoms with van der Waals surface area (Å²) in [4.78, 5) is 4.33. The SMILES string of the molecule is COc1cc(Br)cc(C=Nc2ccc(I)cc2)c1O. The fraction of sp³-hybridized carbons (Fsp3) is 0.0714. The molecule has 0 radical (unpaired) electrons. The van der Waals surface area contributed by atoms with Crippen molar-refractivity contribution in [1.29, 1.82) is 0 Å². The summed E-state index contributed by atoms with van der Waals surface area (Å²) in [5.74, 6) is 0.499. The quantitative estimate of drug-likeness (QED) is 0.573. The van der Waals surface area contributed by atoms with Gasteiger partial charge in [0.05, 0.1) is 12.8 Å². The van der Waals surface area contributed by atoms with E-state index < -0.39 is 0 Å². The lowest BCUT2D eigenvalue weighted by atomic mass is 10.2. The third kappa shape index (κ3) is 3.70. The largest absolute Gasteiger partial charge is 0.504 e. The van der Waals surface area contributed by atoms with Gasteiger partial charge in [-0.25, -0.2) is 0 Å². The highest BCUT2D eigenvalue weighted by atomic mass is 127. The lowest BCUT2D eigenvalue weighted by Crippen LogP contribution is -1.89. The minimum atomic E-state index is 0.0833. The lowest BCUT2D eigenvalue weighted by Gasteiger charge is -2.06. The highest BCUT2D eigenvalue weighted by Gasteiger charge is 2.07. The molecule has 0 heterocycles. The van der Waals surface area contributed by atoms with Crippen molar-refractivity contribution >= 4 is 50.4 Å². The number of hydrogen-bond donors (Lipinski definition) is 1. The molecule has 0 spiro atoms. The van der Waals surface area contributed by atoms with Crippen molar-refractivity contribution in [3.8, 4) is 11.5 Å². The van der Waals surface area contributed by atoms with Crippen molar-refractivity contribution in [3.63, 3.8) is 0 Å². The van der Waals surface area contributed by atoms with Gasteiger partial charge in [0.15, 0.2) is 11.5 Å². The van der Waals surface area contributed by atoms with Crippen molar-refractivity contribution in [2.45, 2.75) is 0 Å². The number of methoxy groups -OCH3 is 1. The number of nitrogens with zero attached hydrogens (tertiary/aromatic N) is 1. The van der Waals surface area contributed by atoms with Gasteiger partial charge in [0.1, 0.15) is 0 Å². The molecule has 0 aliphatic rings. The van der Waals surface area contributed by atoms with Gasteiger partial charge in [-0.3, -0.25) is 4.99 Å². The van der Waals surface area contributed by atoms with Crippen LogP contribution >= 0.6 is 38.5 Å². The first-order valence-corrected chi connectivity index (χ1v) is 7.33. The third-order valence-corrected chi connectivity index (χ3v) is 3.65. The first-order valence-electron chi connectivity index (χ1n) is 5.46. The highest BCUT2D eigenvalue weighted by Crippen LogP contribution is 2.32. The van der Waals surface area contributed by atoms with Gasteiger partial charge in [-0.1, -0.05) is 15.9 Å². The van der Waals surface area contributed by atoms with Crippen LogP contribution in [0.4, 0.5) is 5.69 Å². The number of ether oxygens (including phenoxy) is 1. The number of rotatable bonds is 3. The molecule has 2 aromatic carbocycles. The van der Waals surface area contributed by atoms with Crippen LogP contribution in [0.15, 0.2) is 45.9 Å². The van der Waals surface area contributed by atoms with E-state index in [1.54, 1.807) is 18.3 Å². The molecule has 2 rings (SSSR count). The van der Waals surface area contributed by atoms with Crippen LogP contribution < -0.4 is 4.74 Å². The minimum Gasteiger partial charge on any atom is -0.504 e. The van der Waals surface area contributed by atoms with Crippen molar-refractivity contribution in [1.82, 2.24) is 0 Å². The van der Waals surface area contributed by atoms with Crippen molar-refractivity contribution in [2.24, 2.45) is 4.99 Å². The molecule has 0 bridgehead atoms. The smallest absolute Gasteiger partial charge is 0.166 e. The summed E-state index contributed by atoms with van der Waals surface area (Å²) in [7, 11) is 1.52. The molecular weight excluding hydrogens is 421 g/mol. The first kappa shape index (κ1) is 14.3. The molecule has 5 heteroatoms. The van der Waals surface area contributed by atoms with Crippen molar-refractivity contribution in [3.05, 3.63) is 50.0 Å². The maximum atomic E-state index is 10.00. The van der Waals surface area contributed by atoms with Gasteiger partial charge >= 0.3 is 0 Å². The fourth-order valence-corrected chi connectivity index (χ4v) is 2.33. The molecule has 0 unspecified atom stereocenters. The predicted octanol–water partition coefficient (Wildman–Crippen LogP) is 4.52. The normalized spacial score (nSPS) is 10.9. The van der Waals surface area contributed by atoms with Gasteiger partial charge < -0.3 is 9.84 Å². The molecular formula is C14H11BrINO2. The van der Waals surface area contributed by atoms with Gasteiger partial charge in [0, 0.05) is 19.8 Å². The van der Waals surface area contributed by atoms with Crippen LogP contribution in [0, 0.1) is 3.57 Å². The van der Waals surface area contributed by atoms with Crippen molar-refractivity contribution in [2.75, 3.05) is 7.11 Å². The second-order valence-electron chi connectivity index (χ2n) is 3.78. The summed E-state index contributed by atoms with van der Waals surface area (Å²) >= 11 is 5.61. The number of phenolic OH excluding ortho intramolecular Hbond substituents is 1. The zero-order chi connectivity index (χ0) is 13.8. The van der Waals surface area contributed by atoms with E-state index >= 15 is 0 Å². The molecule has 0 atom stereocenters. The van der Waals surface area contributed by atoms with E-state index in [0.717, 1.165) is 13.7 Å². The van der Waals surface area contributed by atoms with E-state index in [4.69, 9.17) is 4.74 Å². The predicted molar refractivity (Wildman–Crippen MR) is 88.8 cm³/mol. The van der Waals surface area contributed by atoms with Gasteiger partial charge in [-0.15, -0.1) is 0 Å². The topological polar surface area (TPSA) is 41.8 Å². The standard InChI is InChI=1S/C14H11BrINO2/c1-19-13-7-10(15)6-9(14(13)18)8-17-12-4-2-11(16)3-5-12/h2-8,18H,1H3. The molecule has 0 amide bonds. The minimum absolute atomic E-state index is 0.0833. The number of benzene rings is 2. The van der Waals surface area contributed by atoms with Crippen LogP contribution in [-0.2, 0) is 0 Å². The van der Waals surface area contributed by atoms with Gasteiger partial charge in [0.2, 0.25) is 0 Å². The Bertz CT molecular complexity index is 612. The van der Waals surface area contributed by atoms with Crippen LogP contribution in [0.1, 0.15) is 5.56 Å². The molecule has 0 saturated carbocycles.